The zero-order chi connectivity index (χ0) is 25.7. The Bertz CT molecular complexity index is 1420. The predicted octanol–water partition coefficient (Wildman–Crippen LogP) is 5.32. The third kappa shape index (κ3) is 4.25. The Morgan fingerprint density at radius 1 is 1.14 bits per heavy atom. The number of amides is 1. The van der Waals surface area contributed by atoms with Gasteiger partial charge in [-0.15, -0.1) is 0 Å². The number of ketones is 1. The molecule has 1 aliphatic heterocycles. The molecule has 3 atom stereocenters. The average molecular weight is 495 g/mol. The monoisotopic (exact) mass is 494 g/mol. The molecule has 3 fully saturated rings. The SMILES string of the molecule is Cc1c(CC(=O)c2cccc(C#N)c2)cnc2c1c(C1CCN(C(=O)C3CC4CC[C@@H]3C4)CC1)cn2C. The van der Waals surface area contributed by atoms with Crippen LogP contribution in [-0.4, -0.2) is 39.2 Å². The van der Waals surface area contributed by atoms with E-state index in [9.17, 15) is 14.9 Å². The summed E-state index contributed by atoms with van der Waals surface area (Å²) in [6.45, 7) is 3.75. The quantitative estimate of drug-likeness (QED) is 0.450. The van der Waals surface area contributed by atoms with Gasteiger partial charge in [-0.05, 0) is 85.6 Å². The second-order valence-corrected chi connectivity index (χ2v) is 11.5. The van der Waals surface area contributed by atoms with Crippen molar-refractivity contribution in [2.45, 2.75) is 57.8 Å². The number of carbonyl (C=O) groups excluding carboxylic acids is 2. The van der Waals surface area contributed by atoms with Gasteiger partial charge in [0.2, 0.25) is 5.91 Å². The van der Waals surface area contributed by atoms with Crippen molar-refractivity contribution in [3.63, 3.8) is 0 Å². The number of piperidine rings is 1. The second-order valence-electron chi connectivity index (χ2n) is 11.5. The molecule has 1 aromatic carbocycles. The maximum atomic E-state index is 13.3. The lowest BCUT2D eigenvalue weighted by Gasteiger charge is -2.35. The second kappa shape index (κ2) is 9.45. The molecule has 2 saturated carbocycles. The highest BCUT2D eigenvalue weighted by Crippen LogP contribution is 2.49. The minimum Gasteiger partial charge on any atom is -0.342 e. The molecule has 0 radical (unpaired) electrons. The van der Waals surface area contributed by atoms with Crippen LogP contribution in [0.4, 0.5) is 0 Å². The summed E-state index contributed by atoms with van der Waals surface area (Å²) < 4.78 is 2.09. The van der Waals surface area contributed by atoms with E-state index < -0.39 is 0 Å². The summed E-state index contributed by atoms with van der Waals surface area (Å²) in [6.07, 6.45) is 11.2. The topological polar surface area (TPSA) is 79.0 Å². The molecule has 6 heteroatoms. The highest BCUT2D eigenvalue weighted by molar-refractivity contribution is 5.98. The molecule has 0 N–H and O–H groups in total. The number of aromatic nitrogens is 2. The summed E-state index contributed by atoms with van der Waals surface area (Å²) in [5.41, 5.74) is 5.30. The number of likely N-dealkylation sites (tertiary alicyclic amines) is 1. The van der Waals surface area contributed by atoms with Crippen molar-refractivity contribution in [1.82, 2.24) is 14.5 Å². The van der Waals surface area contributed by atoms with Crippen molar-refractivity contribution in [2.75, 3.05) is 13.1 Å². The van der Waals surface area contributed by atoms with Crippen LogP contribution in [-0.2, 0) is 18.3 Å². The van der Waals surface area contributed by atoms with E-state index in [1.807, 2.05) is 13.2 Å². The summed E-state index contributed by atoms with van der Waals surface area (Å²) >= 11 is 0. The molecule has 190 valence electrons. The Balaban J connectivity index is 1.21. The van der Waals surface area contributed by atoms with E-state index in [1.54, 1.807) is 24.3 Å². The van der Waals surface area contributed by atoms with Crippen LogP contribution in [0.25, 0.3) is 11.0 Å². The third-order valence-corrected chi connectivity index (χ3v) is 9.34. The Morgan fingerprint density at radius 3 is 2.65 bits per heavy atom. The molecular weight excluding hydrogens is 460 g/mol. The fourth-order valence-electron chi connectivity index (χ4n) is 7.29. The standard InChI is InChI=1S/C31H34N4O2/c1-19-25(15-28(36)24-5-3-4-21(13-24)16-32)17-33-30-29(19)27(18-34(30)2)22-8-10-35(11-9-22)31(37)26-14-20-6-7-23(26)12-20/h3-5,13,17-18,20,22-23,26H,6-12,14-15H2,1-2H3/t20?,23-,26?/m1/s1. The number of hydrogen-bond donors (Lipinski definition) is 0. The van der Waals surface area contributed by atoms with E-state index in [1.165, 1.54) is 24.8 Å². The highest BCUT2D eigenvalue weighted by Gasteiger charge is 2.44. The number of nitrogens with zero attached hydrogens (tertiary/aromatic N) is 4. The van der Waals surface area contributed by atoms with Crippen LogP contribution in [0.2, 0.25) is 0 Å². The number of fused-ring (bicyclic) bond motifs is 3. The molecule has 1 saturated heterocycles. The van der Waals surface area contributed by atoms with E-state index >= 15 is 0 Å². The normalized spacial score (nSPS) is 23.5. The number of rotatable bonds is 5. The maximum Gasteiger partial charge on any atom is 0.225 e. The van der Waals surface area contributed by atoms with Crippen molar-refractivity contribution in [3.05, 3.63) is 64.5 Å². The molecule has 6 nitrogen and oxygen atoms in total. The van der Waals surface area contributed by atoms with Crippen LogP contribution in [0.3, 0.4) is 0 Å². The first-order chi connectivity index (χ1) is 17.9. The van der Waals surface area contributed by atoms with Crippen LogP contribution in [0.15, 0.2) is 36.7 Å². The molecule has 2 aliphatic carbocycles. The van der Waals surface area contributed by atoms with Gasteiger partial charge in [-0.1, -0.05) is 18.6 Å². The van der Waals surface area contributed by atoms with Crippen molar-refractivity contribution >= 4 is 22.7 Å². The number of hydrogen-bond acceptors (Lipinski definition) is 4. The van der Waals surface area contributed by atoms with Crippen LogP contribution in [0.5, 0.6) is 0 Å². The average Bonchev–Trinajstić information content (AvgIpc) is 3.65. The zero-order valence-electron chi connectivity index (χ0n) is 21.7. The smallest absolute Gasteiger partial charge is 0.225 e. The van der Waals surface area contributed by atoms with Gasteiger partial charge in [0.25, 0.3) is 0 Å². The highest BCUT2D eigenvalue weighted by atomic mass is 16.2. The van der Waals surface area contributed by atoms with Crippen LogP contribution in [0.1, 0.15) is 77.1 Å². The molecule has 3 aliphatic rings. The summed E-state index contributed by atoms with van der Waals surface area (Å²) in [7, 11) is 2.03. The van der Waals surface area contributed by atoms with E-state index in [4.69, 9.17) is 4.98 Å². The van der Waals surface area contributed by atoms with Gasteiger partial charge in [0.15, 0.2) is 5.78 Å². The number of nitriles is 1. The molecule has 0 spiro atoms. The van der Waals surface area contributed by atoms with E-state index in [2.05, 4.69) is 28.7 Å². The predicted molar refractivity (Wildman–Crippen MR) is 142 cm³/mol. The van der Waals surface area contributed by atoms with Crippen LogP contribution in [0, 0.1) is 36.0 Å². The zero-order valence-corrected chi connectivity index (χ0v) is 21.7. The summed E-state index contributed by atoms with van der Waals surface area (Å²) in [6, 6.07) is 9.00. The first-order valence-corrected chi connectivity index (χ1v) is 13.7. The summed E-state index contributed by atoms with van der Waals surface area (Å²) in [5.74, 6) is 2.47. The van der Waals surface area contributed by atoms with E-state index in [0.717, 1.165) is 60.4 Å². The minimum atomic E-state index is -0.00809. The minimum absolute atomic E-state index is 0.00809. The lowest BCUT2D eigenvalue weighted by atomic mass is 9.85. The fraction of sp³-hybridized carbons (Fsp3) is 0.484. The third-order valence-electron chi connectivity index (χ3n) is 9.34. The van der Waals surface area contributed by atoms with Crippen molar-refractivity contribution in [3.8, 4) is 6.07 Å². The van der Waals surface area contributed by atoms with Crippen molar-refractivity contribution in [2.24, 2.45) is 24.8 Å². The van der Waals surface area contributed by atoms with Gasteiger partial charge >= 0.3 is 0 Å². The van der Waals surface area contributed by atoms with E-state index in [0.29, 0.717) is 28.9 Å². The fourth-order valence-corrected chi connectivity index (χ4v) is 7.29. The lowest BCUT2D eigenvalue weighted by molar-refractivity contribution is -0.138. The molecule has 1 amide bonds. The van der Waals surface area contributed by atoms with Gasteiger partial charge in [-0.25, -0.2) is 4.98 Å². The number of aryl methyl sites for hydroxylation is 2. The van der Waals surface area contributed by atoms with Gasteiger partial charge in [0, 0.05) is 55.8 Å². The molecule has 2 aromatic heterocycles. The van der Waals surface area contributed by atoms with Gasteiger partial charge < -0.3 is 9.47 Å². The summed E-state index contributed by atoms with van der Waals surface area (Å²) in [5, 5.41) is 10.3. The lowest BCUT2D eigenvalue weighted by Crippen LogP contribution is -2.42. The van der Waals surface area contributed by atoms with Gasteiger partial charge in [-0.3, -0.25) is 9.59 Å². The van der Waals surface area contributed by atoms with Crippen LogP contribution >= 0.6 is 0 Å². The molecular formula is C31H34N4O2. The number of carbonyl (C=O) groups is 2. The van der Waals surface area contributed by atoms with E-state index in [-0.39, 0.29) is 18.1 Å². The number of pyridine rings is 1. The first kappa shape index (κ1) is 23.9. The van der Waals surface area contributed by atoms with Crippen molar-refractivity contribution in [1.29, 1.82) is 5.26 Å². The Labute approximate surface area is 218 Å². The number of benzene rings is 1. The summed E-state index contributed by atoms with van der Waals surface area (Å²) in [4.78, 5) is 33.2. The van der Waals surface area contributed by atoms with Gasteiger partial charge in [0.05, 0.1) is 11.6 Å². The molecule has 3 heterocycles. The number of Topliss-reactive ketones (excluding diaryl/α,β-unsaturated/α-hetero) is 1. The van der Waals surface area contributed by atoms with Crippen molar-refractivity contribution < 1.29 is 9.59 Å². The van der Waals surface area contributed by atoms with Gasteiger partial charge in [0.1, 0.15) is 5.65 Å². The molecule has 3 aromatic rings. The van der Waals surface area contributed by atoms with Gasteiger partial charge in [-0.2, -0.15) is 5.26 Å². The maximum absolute atomic E-state index is 13.3. The van der Waals surface area contributed by atoms with Crippen LogP contribution < -0.4 is 0 Å². The molecule has 2 unspecified atom stereocenters. The Morgan fingerprint density at radius 2 is 1.95 bits per heavy atom. The Kier molecular flexibility index (Phi) is 6.10. The first-order valence-electron chi connectivity index (χ1n) is 13.7. The molecule has 37 heavy (non-hydrogen) atoms. The molecule has 6 rings (SSSR count). The largest absolute Gasteiger partial charge is 0.342 e. The molecule has 2 bridgehead atoms. The Hall–Kier alpha value is -3.46.